The minimum Gasteiger partial charge on any atom is -0.480 e. The first-order valence-electron chi connectivity index (χ1n) is 7.22. The molecule has 1 aromatic carbocycles. The van der Waals surface area contributed by atoms with Crippen molar-refractivity contribution in [3.05, 3.63) is 35.4 Å². The highest BCUT2D eigenvalue weighted by atomic mass is 16.4. The van der Waals surface area contributed by atoms with Gasteiger partial charge in [0.15, 0.2) is 0 Å². The zero-order valence-corrected chi connectivity index (χ0v) is 13.0. The summed E-state index contributed by atoms with van der Waals surface area (Å²) in [7, 11) is 0. The lowest BCUT2D eigenvalue weighted by atomic mass is 9.99. The van der Waals surface area contributed by atoms with Crippen molar-refractivity contribution in [2.75, 3.05) is 0 Å². The van der Waals surface area contributed by atoms with E-state index < -0.39 is 18.0 Å². The Bertz CT molecular complexity index is 502. The molecule has 5 heteroatoms. The van der Waals surface area contributed by atoms with Crippen LogP contribution in [0.4, 0.5) is 4.79 Å². The Morgan fingerprint density at radius 2 is 1.81 bits per heavy atom. The molecule has 0 saturated heterocycles. The van der Waals surface area contributed by atoms with Crippen LogP contribution in [-0.4, -0.2) is 23.1 Å². The summed E-state index contributed by atoms with van der Waals surface area (Å²) in [6.07, 6.45) is 0.685. The van der Waals surface area contributed by atoms with Crippen LogP contribution in [0.3, 0.4) is 0 Å². The Balaban J connectivity index is 2.68. The average Bonchev–Trinajstić information content (AvgIpc) is 2.44. The van der Waals surface area contributed by atoms with E-state index in [0.717, 1.165) is 11.1 Å². The van der Waals surface area contributed by atoms with Gasteiger partial charge in [-0.2, -0.15) is 0 Å². The molecule has 0 saturated carbocycles. The van der Waals surface area contributed by atoms with Crippen LogP contribution in [0.1, 0.15) is 44.4 Å². The molecule has 0 fully saturated rings. The van der Waals surface area contributed by atoms with Gasteiger partial charge in [-0.05, 0) is 30.9 Å². The number of aliphatic carboxylic acids is 1. The van der Waals surface area contributed by atoms with Crippen molar-refractivity contribution in [2.45, 2.75) is 46.2 Å². The van der Waals surface area contributed by atoms with Crippen molar-refractivity contribution < 1.29 is 14.7 Å². The molecule has 0 aliphatic rings. The molecule has 1 aromatic rings. The van der Waals surface area contributed by atoms with E-state index in [1.54, 1.807) is 0 Å². The van der Waals surface area contributed by atoms with Crippen LogP contribution in [0, 0.1) is 12.8 Å². The van der Waals surface area contributed by atoms with Crippen LogP contribution in [0.25, 0.3) is 0 Å². The fourth-order valence-electron chi connectivity index (χ4n) is 2.21. The number of amides is 2. The molecule has 2 amide bonds. The van der Waals surface area contributed by atoms with Crippen LogP contribution >= 0.6 is 0 Å². The van der Waals surface area contributed by atoms with E-state index in [1.807, 2.05) is 52.0 Å². The van der Waals surface area contributed by atoms with Gasteiger partial charge in [0.1, 0.15) is 6.04 Å². The van der Waals surface area contributed by atoms with Crippen LogP contribution in [0.15, 0.2) is 24.3 Å². The minimum absolute atomic E-state index is 0.123. The number of rotatable bonds is 6. The molecule has 116 valence electrons. The zero-order chi connectivity index (χ0) is 16.0. The van der Waals surface area contributed by atoms with E-state index in [0.29, 0.717) is 6.42 Å². The molecule has 3 atom stereocenters. The summed E-state index contributed by atoms with van der Waals surface area (Å²) in [5.74, 6) is -1.13. The number of hydrogen-bond donors (Lipinski definition) is 3. The molecule has 21 heavy (non-hydrogen) atoms. The molecule has 0 aliphatic carbocycles. The third-order valence-electron chi connectivity index (χ3n) is 3.77. The van der Waals surface area contributed by atoms with Crippen molar-refractivity contribution in [1.29, 1.82) is 0 Å². The third-order valence-corrected chi connectivity index (χ3v) is 3.77. The Labute approximate surface area is 125 Å². The highest BCUT2D eigenvalue weighted by molar-refractivity contribution is 5.82. The highest BCUT2D eigenvalue weighted by Crippen LogP contribution is 2.16. The van der Waals surface area contributed by atoms with Crippen molar-refractivity contribution in [3.8, 4) is 0 Å². The van der Waals surface area contributed by atoms with E-state index >= 15 is 0 Å². The smallest absolute Gasteiger partial charge is 0.326 e. The number of carbonyl (C=O) groups excluding carboxylic acids is 1. The first-order valence-corrected chi connectivity index (χ1v) is 7.22. The van der Waals surface area contributed by atoms with Crippen molar-refractivity contribution in [3.63, 3.8) is 0 Å². The quantitative estimate of drug-likeness (QED) is 0.754. The number of hydrogen-bond acceptors (Lipinski definition) is 2. The molecule has 0 aliphatic heterocycles. The summed E-state index contributed by atoms with van der Waals surface area (Å²) in [5.41, 5.74) is 2.10. The number of benzene rings is 1. The molecule has 1 unspecified atom stereocenters. The molecule has 0 spiro atoms. The largest absolute Gasteiger partial charge is 0.480 e. The van der Waals surface area contributed by atoms with Crippen molar-refractivity contribution >= 4 is 12.0 Å². The summed E-state index contributed by atoms with van der Waals surface area (Å²) < 4.78 is 0. The predicted octanol–water partition coefficient (Wildman–Crippen LogP) is 2.85. The van der Waals surface area contributed by atoms with Crippen molar-refractivity contribution in [1.82, 2.24) is 10.6 Å². The van der Waals surface area contributed by atoms with E-state index in [2.05, 4.69) is 10.6 Å². The van der Waals surface area contributed by atoms with E-state index in [9.17, 15) is 14.7 Å². The monoisotopic (exact) mass is 292 g/mol. The lowest BCUT2D eigenvalue weighted by Crippen LogP contribution is -2.49. The second-order valence-electron chi connectivity index (χ2n) is 5.40. The predicted molar refractivity (Wildman–Crippen MR) is 82.1 cm³/mol. The lowest BCUT2D eigenvalue weighted by molar-refractivity contribution is -0.140. The van der Waals surface area contributed by atoms with E-state index in [1.165, 1.54) is 0 Å². The summed E-state index contributed by atoms with van der Waals surface area (Å²) >= 11 is 0. The summed E-state index contributed by atoms with van der Waals surface area (Å²) in [6.45, 7) is 7.56. The molecule has 0 bridgehead atoms. The van der Waals surface area contributed by atoms with Gasteiger partial charge in [-0.1, -0.05) is 44.5 Å². The fraction of sp³-hybridized carbons (Fsp3) is 0.500. The van der Waals surface area contributed by atoms with Crippen LogP contribution < -0.4 is 10.6 Å². The van der Waals surface area contributed by atoms with Crippen LogP contribution in [-0.2, 0) is 4.79 Å². The standard InChI is InChI=1S/C16H24N2O3/c1-5-10(2)14(15(19)20)18-16(21)17-12(4)13-9-7-6-8-11(13)3/h6-10,12,14H,5H2,1-4H3,(H,19,20)(H2,17,18,21)/t10-,12?,14-/m0/s1. The van der Waals surface area contributed by atoms with Gasteiger partial charge in [0, 0.05) is 0 Å². The van der Waals surface area contributed by atoms with Gasteiger partial charge in [-0.3, -0.25) is 0 Å². The number of nitrogens with one attached hydrogen (secondary N) is 2. The molecular formula is C16H24N2O3. The second kappa shape index (κ2) is 7.67. The van der Waals surface area contributed by atoms with Gasteiger partial charge in [0.05, 0.1) is 6.04 Å². The van der Waals surface area contributed by atoms with Gasteiger partial charge < -0.3 is 15.7 Å². The topological polar surface area (TPSA) is 78.4 Å². The third kappa shape index (κ3) is 4.77. The summed E-state index contributed by atoms with van der Waals surface area (Å²) in [6, 6.07) is 6.26. The van der Waals surface area contributed by atoms with Gasteiger partial charge in [0.25, 0.3) is 0 Å². The number of carboxylic acid groups (broad SMARTS) is 1. The van der Waals surface area contributed by atoms with Crippen molar-refractivity contribution in [2.24, 2.45) is 5.92 Å². The number of carbonyl (C=O) groups is 2. The van der Waals surface area contributed by atoms with E-state index in [4.69, 9.17) is 0 Å². The van der Waals surface area contributed by atoms with Crippen LogP contribution in [0.2, 0.25) is 0 Å². The van der Waals surface area contributed by atoms with Gasteiger partial charge in [-0.25, -0.2) is 9.59 Å². The Hall–Kier alpha value is -2.04. The highest BCUT2D eigenvalue weighted by Gasteiger charge is 2.25. The lowest BCUT2D eigenvalue weighted by Gasteiger charge is -2.22. The summed E-state index contributed by atoms with van der Waals surface area (Å²) in [4.78, 5) is 23.2. The molecular weight excluding hydrogens is 268 g/mol. The zero-order valence-electron chi connectivity index (χ0n) is 13.0. The first kappa shape index (κ1) is 17.0. The SMILES string of the molecule is CC[C@H](C)[C@H](NC(=O)NC(C)c1ccccc1C)C(=O)O. The van der Waals surface area contributed by atoms with Gasteiger partial charge in [-0.15, -0.1) is 0 Å². The average molecular weight is 292 g/mol. The number of urea groups is 1. The molecule has 0 heterocycles. The number of aryl methyl sites for hydroxylation is 1. The number of carboxylic acids is 1. The normalized spacial score (nSPS) is 14.9. The Morgan fingerprint density at radius 3 is 2.33 bits per heavy atom. The molecule has 3 N–H and O–H groups in total. The summed E-state index contributed by atoms with van der Waals surface area (Å²) in [5, 5.41) is 14.5. The minimum atomic E-state index is -1.01. The molecule has 0 aromatic heterocycles. The van der Waals surface area contributed by atoms with Crippen LogP contribution in [0.5, 0.6) is 0 Å². The maximum absolute atomic E-state index is 12.0. The molecule has 0 radical (unpaired) electrons. The molecule has 5 nitrogen and oxygen atoms in total. The van der Waals surface area contributed by atoms with Gasteiger partial charge in [0.2, 0.25) is 0 Å². The Morgan fingerprint density at radius 1 is 1.19 bits per heavy atom. The van der Waals surface area contributed by atoms with Gasteiger partial charge >= 0.3 is 12.0 Å². The maximum atomic E-state index is 12.0. The van der Waals surface area contributed by atoms with E-state index in [-0.39, 0.29) is 12.0 Å². The fourth-order valence-corrected chi connectivity index (χ4v) is 2.21. The first-order chi connectivity index (χ1) is 9.86. The Kier molecular flexibility index (Phi) is 6.21. The maximum Gasteiger partial charge on any atom is 0.326 e. The molecule has 1 rings (SSSR count). The second-order valence-corrected chi connectivity index (χ2v) is 5.40.